The second kappa shape index (κ2) is 12.8. The zero-order valence-electron chi connectivity index (χ0n) is 31.1. The molecule has 12 rings (SSSR count). The second-order valence-corrected chi connectivity index (χ2v) is 14.7. The molecule has 5 nitrogen and oxygen atoms in total. The van der Waals surface area contributed by atoms with E-state index < -0.39 is 0 Å². The quantitative estimate of drug-likeness (QED) is 0.170. The third kappa shape index (κ3) is 5.14. The fraction of sp³-hybridized carbons (Fsp3) is 0. The number of hydrogen-bond acceptors (Lipinski definition) is 5. The summed E-state index contributed by atoms with van der Waals surface area (Å²) < 4.78 is 19.6. The van der Waals surface area contributed by atoms with E-state index in [1.54, 1.807) is 0 Å². The molecule has 0 aliphatic carbocycles. The smallest absolute Gasteiger partial charge is 0.227 e. The Morgan fingerprint density at radius 3 is 1.74 bits per heavy atom. The molecule has 3 heterocycles. The summed E-state index contributed by atoms with van der Waals surface area (Å²) in [5, 5.41) is 6.47. The normalized spacial score (nSPS) is 11.8. The van der Waals surface area contributed by atoms with Gasteiger partial charge in [-0.05, 0) is 88.6 Å². The molecule has 0 radical (unpaired) electrons. The minimum Gasteiger partial charge on any atom is -0.456 e. The summed E-state index contributed by atoms with van der Waals surface area (Å²) in [6.45, 7) is 0. The van der Waals surface area contributed by atoms with Crippen LogP contribution in [0.4, 0.5) is 17.1 Å². The lowest BCUT2D eigenvalue weighted by molar-refractivity contribution is 0.620. The van der Waals surface area contributed by atoms with E-state index in [0.717, 1.165) is 105 Å². The number of furan rings is 2. The zero-order valence-corrected chi connectivity index (χ0v) is 31.1. The lowest BCUT2D eigenvalue weighted by atomic mass is 9.92. The Labute approximate surface area is 332 Å². The maximum absolute atomic E-state index is 6.87. The van der Waals surface area contributed by atoms with Gasteiger partial charge in [0.05, 0.1) is 0 Å². The molecular weight excluding hydrogens is 713 g/mol. The molecule has 0 N–H and O–H groups in total. The van der Waals surface area contributed by atoms with Crippen LogP contribution in [0.25, 0.3) is 99.5 Å². The summed E-state index contributed by atoms with van der Waals surface area (Å²) in [5.41, 5.74) is 13.2. The van der Waals surface area contributed by atoms with Crippen LogP contribution in [0.3, 0.4) is 0 Å². The molecular formula is C53H32N2O3. The van der Waals surface area contributed by atoms with E-state index in [0.29, 0.717) is 5.89 Å². The van der Waals surface area contributed by atoms with E-state index in [-0.39, 0.29) is 0 Å². The van der Waals surface area contributed by atoms with Crippen LogP contribution < -0.4 is 4.90 Å². The minimum absolute atomic E-state index is 0.596. The van der Waals surface area contributed by atoms with Crippen molar-refractivity contribution < 1.29 is 13.3 Å². The van der Waals surface area contributed by atoms with Crippen molar-refractivity contribution in [1.82, 2.24) is 4.98 Å². The fourth-order valence-corrected chi connectivity index (χ4v) is 8.60. The van der Waals surface area contributed by atoms with E-state index in [1.165, 1.54) is 5.56 Å². The monoisotopic (exact) mass is 744 g/mol. The van der Waals surface area contributed by atoms with E-state index in [4.69, 9.17) is 18.2 Å². The Morgan fingerprint density at radius 2 is 0.948 bits per heavy atom. The molecule has 272 valence electrons. The average molecular weight is 745 g/mol. The number of aromatic nitrogens is 1. The highest BCUT2D eigenvalue weighted by Gasteiger charge is 2.23. The van der Waals surface area contributed by atoms with Crippen molar-refractivity contribution in [3.8, 4) is 33.7 Å². The van der Waals surface area contributed by atoms with Crippen molar-refractivity contribution in [2.24, 2.45) is 0 Å². The maximum Gasteiger partial charge on any atom is 0.227 e. The number of anilines is 3. The number of benzene rings is 9. The van der Waals surface area contributed by atoms with Crippen molar-refractivity contribution >= 4 is 82.8 Å². The Balaban J connectivity index is 1.06. The Bertz CT molecular complexity index is 3510. The molecule has 0 saturated carbocycles. The summed E-state index contributed by atoms with van der Waals surface area (Å²) in [4.78, 5) is 7.36. The first-order valence-corrected chi connectivity index (χ1v) is 19.4. The van der Waals surface area contributed by atoms with Crippen LogP contribution in [0.1, 0.15) is 0 Å². The van der Waals surface area contributed by atoms with Gasteiger partial charge in [-0.15, -0.1) is 0 Å². The minimum atomic E-state index is 0.596. The zero-order chi connectivity index (χ0) is 38.2. The van der Waals surface area contributed by atoms with E-state index in [9.17, 15) is 0 Å². The first-order valence-electron chi connectivity index (χ1n) is 19.4. The number of para-hydroxylation sites is 2. The second-order valence-electron chi connectivity index (χ2n) is 14.7. The van der Waals surface area contributed by atoms with Gasteiger partial charge in [0, 0.05) is 67.4 Å². The van der Waals surface area contributed by atoms with Gasteiger partial charge in [-0.1, -0.05) is 115 Å². The summed E-state index contributed by atoms with van der Waals surface area (Å²) in [6, 6.07) is 67.3. The fourth-order valence-electron chi connectivity index (χ4n) is 8.60. The van der Waals surface area contributed by atoms with Gasteiger partial charge in [-0.3, -0.25) is 0 Å². The molecule has 0 spiro atoms. The highest BCUT2D eigenvalue weighted by Crippen LogP contribution is 2.46. The molecule has 12 aromatic rings. The Kier molecular flexibility index (Phi) is 7.16. The maximum atomic E-state index is 6.87. The topological polar surface area (TPSA) is 55.6 Å². The van der Waals surface area contributed by atoms with Gasteiger partial charge < -0.3 is 18.2 Å². The first-order chi connectivity index (χ1) is 28.7. The Hall–Kier alpha value is -7.89. The number of hydrogen-bond donors (Lipinski definition) is 0. The summed E-state index contributed by atoms with van der Waals surface area (Å²) in [5.74, 6) is 0.596. The molecule has 9 aromatic carbocycles. The molecule has 0 aliphatic rings. The van der Waals surface area contributed by atoms with E-state index in [2.05, 4.69) is 138 Å². The molecule has 0 amide bonds. The predicted octanol–water partition coefficient (Wildman–Crippen LogP) is 15.3. The number of fused-ring (bicyclic) bond motifs is 8. The van der Waals surface area contributed by atoms with Gasteiger partial charge in [-0.25, -0.2) is 4.98 Å². The van der Waals surface area contributed by atoms with Crippen LogP contribution in [-0.4, -0.2) is 4.98 Å². The summed E-state index contributed by atoms with van der Waals surface area (Å²) in [6.07, 6.45) is 0. The van der Waals surface area contributed by atoms with E-state index >= 15 is 0 Å². The number of nitrogens with zero attached hydrogens (tertiary/aromatic N) is 2. The number of oxazole rings is 1. The molecule has 0 atom stereocenters. The lowest BCUT2D eigenvalue weighted by Gasteiger charge is -2.25. The molecule has 0 aliphatic heterocycles. The molecule has 0 saturated heterocycles. The van der Waals surface area contributed by atoms with Crippen LogP contribution in [0.5, 0.6) is 0 Å². The molecule has 58 heavy (non-hydrogen) atoms. The van der Waals surface area contributed by atoms with E-state index in [1.807, 2.05) is 60.7 Å². The Morgan fingerprint density at radius 1 is 0.362 bits per heavy atom. The average Bonchev–Trinajstić information content (AvgIpc) is 4.00. The van der Waals surface area contributed by atoms with Crippen molar-refractivity contribution in [2.45, 2.75) is 0 Å². The van der Waals surface area contributed by atoms with Crippen LogP contribution in [0.2, 0.25) is 0 Å². The molecule has 0 fully saturated rings. The third-order valence-electron chi connectivity index (χ3n) is 11.3. The largest absolute Gasteiger partial charge is 0.456 e. The van der Waals surface area contributed by atoms with Crippen molar-refractivity contribution in [2.75, 3.05) is 4.90 Å². The summed E-state index contributed by atoms with van der Waals surface area (Å²) >= 11 is 0. The SMILES string of the molecule is c1ccc(-c2ccc(N(c3ccc4c(c3)oc3ccccc34)c3ccc4c(c3)oc3cc5ccccc5c(-c5cccc6oc(-c7ccccc7)nc56)c34)cc2)cc1. The van der Waals surface area contributed by atoms with Crippen LogP contribution >= 0.6 is 0 Å². The molecule has 5 heteroatoms. The standard InChI is InChI=1S/C53H32N2O3/c1-3-12-33(13-4-1)34-22-24-37(25-23-34)55(38-26-28-42-41-18-9-10-20-45(41)56-47(42)31-38)39-27-29-43-48(32-39)57-49-30-36-16-7-8-17-40(36)50(51(43)49)44-19-11-21-46-52(44)54-53(58-46)35-14-5-2-6-15-35/h1-32H. The van der Waals surface area contributed by atoms with Gasteiger partial charge in [0.25, 0.3) is 0 Å². The molecule has 0 bridgehead atoms. The molecule has 0 unspecified atom stereocenters. The van der Waals surface area contributed by atoms with Crippen LogP contribution in [-0.2, 0) is 0 Å². The van der Waals surface area contributed by atoms with Gasteiger partial charge in [-0.2, -0.15) is 0 Å². The van der Waals surface area contributed by atoms with Crippen molar-refractivity contribution in [3.05, 3.63) is 194 Å². The highest BCUT2D eigenvalue weighted by molar-refractivity contribution is 6.23. The van der Waals surface area contributed by atoms with Crippen molar-refractivity contribution in [1.29, 1.82) is 0 Å². The van der Waals surface area contributed by atoms with Crippen LogP contribution in [0.15, 0.2) is 207 Å². The third-order valence-corrected chi connectivity index (χ3v) is 11.3. The van der Waals surface area contributed by atoms with Crippen LogP contribution in [0, 0.1) is 0 Å². The van der Waals surface area contributed by atoms with Gasteiger partial charge in [0.2, 0.25) is 5.89 Å². The lowest BCUT2D eigenvalue weighted by Crippen LogP contribution is -2.09. The summed E-state index contributed by atoms with van der Waals surface area (Å²) in [7, 11) is 0. The number of rotatable bonds is 6. The predicted molar refractivity (Wildman–Crippen MR) is 237 cm³/mol. The highest BCUT2D eigenvalue weighted by atomic mass is 16.3. The van der Waals surface area contributed by atoms with Gasteiger partial charge in [0.15, 0.2) is 5.58 Å². The van der Waals surface area contributed by atoms with Gasteiger partial charge >= 0.3 is 0 Å². The first kappa shape index (κ1) is 32.4. The molecule has 3 aromatic heterocycles. The van der Waals surface area contributed by atoms with Gasteiger partial charge in [0.1, 0.15) is 27.8 Å². The van der Waals surface area contributed by atoms with Crippen molar-refractivity contribution in [3.63, 3.8) is 0 Å².